The predicted molar refractivity (Wildman–Crippen MR) is 245 cm³/mol. The topological polar surface area (TPSA) is 71.3 Å². The van der Waals surface area contributed by atoms with E-state index in [0.29, 0.717) is 65.7 Å². The zero-order valence-corrected chi connectivity index (χ0v) is 34.0. The van der Waals surface area contributed by atoms with Gasteiger partial charge < -0.3 is 18.3 Å². The van der Waals surface area contributed by atoms with Gasteiger partial charge in [0.1, 0.15) is 0 Å². The first-order valence-electron chi connectivity index (χ1n) is 20.9. The number of pyridine rings is 4. The van der Waals surface area contributed by atoms with Crippen molar-refractivity contribution in [3.8, 4) is 22.7 Å². The number of fused-ring (bicyclic) bond motifs is 12. The Morgan fingerprint density at radius 3 is 0.758 bits per heavy atom. The Bertz CT molecular complexity index is 3690. The molecule has 13 aromatic rings. The Labute approximate surface area is 367 Å². The van der Waals surface area contributed by atoms with Crippen molar-refractivity contribution < 1.29 is 26.3 Å². The van der Waals surface area contributed by atoms with E-state index in [4.69, 9.17) is 9.97 Å². The highest BCUT2D eigenvalue weighted by molar-refractivity contribution is 6.14. The third-order valence-electron chi connectivity index (χ3n) is 12.6. The molecule has 13 rings (SSSR count). The van der Waals surface area contributed by atoms with Crippen molar-refractivity contribution in [2.24, 2.45) is 0 Å². The third kappa shape index (κ3) is 5.11. The lowest BCUT2D eigenvalue weighted by Gasteiger charge is -2.31. The van der Waals surface area contributed by atoms with E-state index in [1.165, 1.54) is 21.5 Å². The lowest BCUT2D eigenvalue weighted by Crippen LogP contribution is -2.26. The summed E-state index contributed by atoms with van der Waals surface area (Å²) in [6.07, 6.45) is -5.08. The van der Waals surface area contributed by atoms with Crippen LogP contribution in [0.15, 0.2) is 170 Å². The quantitative estimate of drug-likeness (QED) is 0.165. The minimum Gasteiger partial charge on any atom is -0.305 e. The van der Waals surface area contributed by atoms with Crippen molar-refractivity contribution in [2.75, 3.05) is 0 Å². The molecule has 5 aromatic carbocycles. The van der Waals surface area contributed by atoms with Crippen molar-refractivity contribution in [1.82, 2.24) is 38.2 Å². The van der Waals surface area contributed by atoms with Crippen LogP contribution in [0.5, 0.6) is 0 Å². The van der Waals surface area contributed by atoms with E-state index in [-0.39, 0.29) is 33.4 Å². The number of aromatic nitrogens is 8. The fourth-order valence-corrected chi connectivity index (χ4v) is 10.2. The highest BCUT2D eigenvalue weighted by atomic mass is 19.4. The highest BCUT2D eigenvalue weighted by Gasteiger charge is 2.51. The minimum absolute atomic E-state index is 0.168. The monoisotopic (exact) mass is 878 g/mol. The molecular weight excluding hydrogens is 851 g/mol. The average molecular weight is 879 g/mol. The van der Waals surface area contributed by atoms with Crippen LogP contribution >= 0.6 is 0 Å². The third-order valence-corrected chi connectivity index (χ3v) is 12.6. The highest BCUT2D eigenvalue weighted by Crippen LogP contribution is 2.55. The number of benzene rings is 5. The number of hydrogen-bond donors (Lipinski definition) is 0. The molecule has 0 spiro atoms. The maximum absolute atomic E-state index is 17.1. The molecular formula is C52H28F6N8. The van der Waals surface area contributed by atoms with Gasteiger partial charge in [0, 0.05) is 46.3 Å². The first kappa shape index (κ1) is 38.0. The van der Waals surface area contributed by atoms with E-state index in [1.807, 2.05) is 12.1 Å². The van der Waals surface area contributed by atoms with E-state index >= 15 is 26.3 Å². The summed E-state index contributed by atoms with van der Waals surface area (Å²) in [7, 11) is 0. The molecule has 0 unspecified atom stereocenters. The number of rotatable bonds is 4. The van der Waals surface area contributed by atoms with Crippen molar-refractivity contribution >= 4 is 87.7 Å². The van der Waals surface area contributed by atoms with Gasteiger partial charge in [-0.2, -0.15) is 26.3 Å². The lowest BCUT2D eigenvalue weighted by atomic mass is 9.95. The molecule has 0 radical (unpaired) electrons. The average Bonchev–Trinajstić information content (AvgIpc) is 4.05. The number of halogens is 6. The second-order valence-electron chi connectivity index (χ2n) is 16.0. The van der Waals surface area contributed by atoms with Gasteiger partial charge in [-0.05, 0) is 72.8 Å². The van der Waals surface area contributed by atoms with E-state index in [9.17, 15) is 0 Å². The van der Waals surface area contributed by atoms with Gasteiger partial charge in [0.2, 0.25) is 0 Å². The summed E-state index contributed by atoms with van der Waals surface area (Å²) in [5, 5.41) is 2.05. The number of alkyl halides is 6. The number of nitrogens with zero attached hydrogens (tertiary/aromatic N) is 8. The SMILES string of the molecule is FC(F)(F)c1c(-n2c3ccccc3c3ncccc32)c(-n2c3ccccc3c3ncccc32)c(-n2c3ccccc3c3ncccc32)c(-n2c3ccccc3c3ncccc32)c1C(F)(F)F. The second-order valence-corrected chi connectivity index (χ2v) is 16.0. The molecule has 66 heavy (non-hydrogen) atoms. The van der Waals surface area contributed by atoms with Crippen LogP contribution < -0.4 is 0 Å². The summed E-state index contributed by atoms with van der Waals surface area (Å²) in [6.45, 7) is 0. The summed E-state index contributed by atoms with van der Waals surface area (Å²) in [4.78, 5) is 18.8. The first-order chi connectivity index (χ1) is 32.1. The normalized spacial score (nSPS) is 12.7. The maximum Gasteiger partial charge on any atom is 0.419 e. The van der Waals surface area contributed by atoms with Gasteiger partial charge in [-0.25, -0.2) is 0 Å². The van der Waals surface area contributed by atoms with Crippen LogP contribution in [0.4, 0.5) is 26.3 Å². The van der Waals surface area contributed by atoms with Crippen molar-refractivity contribution in [1.29, 1.82) is 0 Å². The molecule has 14 heteroatoms. The van der Waals surface area contributed by atoms with Crippen LogP contribution in [-0.4, -0.2) is 38.2 Å². The Balaban J connectivity index is 1.45. The van der Waals surface area contributed by atoms with Crippen LogP contribution in [-0.2, 0) is 12.4 Å². The minimum atomic E-state index is -5.64. The molecule has 0 aliphatic carbocycles. The molecule has 0 aliphatic rings. The zero-order chi connectivity index (χ0) is 44.6. The summed E-state index contributed by atoms with van der Waals surface area (Å²) in [6, 6.07) is 40.7. The standard InChI is InChI=1S/C52H28F6N8/c53-51(54,55)41-42(52(56,57)58)48(64-34-18-6-2-14-30(34)44-38(64)22-10-26-60-44)50(66-36-20-8-4-16-32(36)46-40(66)24-12-28-62-46)49(65-35-19-7-3-15-31(35)45-39(65)23-11-27-61-45)47(41)63-33-17-5-1-13-29(33)43-37(63)21-9-25-59-43/h1-28H. The van der Waals surface area contributed by atoms with Crippen LogP contribution in [0, 0.1) is 0 Å². The van der Waals surface area contributed by atoms with Crippen molar-refractivity contribution in [3.63, 3.8) is 0 Å². The smallest absolute Gasteiger partial charge is 0.305 e. The summed E-state index contributed by atoms with van der Waals surface area (Å²) >= 11 is 0. The molecule has 0 aliphatic heterocycles. The van der Waals surface area contributed by atoms with E-state index in [1.54, 1.807) is 155 Å². The van der Waals surface area contributed by atoms with Gasteiger partial charge in [0.25, 0.3) is 0 Å². The lowest BCUT2D eigenvalue weighted by molar-refractivity contribution is -0.161. The molecule has 8 heterocycles. The molecule has 8 nitrogen and oxygen atoms in total. The van der Waals surface area contributed by atoms with Crippen LogP contribution in [0.2, 0.25) is 0 Å². The second kappa shape index (κ2) is 13.5. The molecule has 0 atom stereocenters. The van der Waals surface area contributed by atoms with Gasteiger partial charge in [0.15, 0.2) is 0 Å². The fraction of sp³-hybridized carbons (Fsp3) is 0.0385. The number of hydrogen-bond acceptors (Lipinski definition) is 4. The van der Waals surface area contributed by atoms with Crippen molar-refractivity contribution in [2.45, 2.75) is 12.4 Å². The van der Waals surface area contributed by atoms with Crippen LogP contribution in [0.1, 0.15) is 11.1 Å². The Morgan fingerprint density at radius 1 is 0.273 bits per heavy atom. The summed E-state index contributed by atoms with van der Waals surface area (Å²) in [5.41, 5.74) is -1.87. The Kier molecular flexibility index (Phi) is 7.77. The molecule has 8 aromatic heterocycles. The van der Waals surface area contributed by atoms with Gasteiger partial charge in [0.05, 0.1) is 100 Å². The van der Waals surface area contributed by atoms with Gasteiger partial charge >= 0.3 is 12.4 Å². The predicted octanol–water partition coefficient (Wildman–Crippen LogP) is 13.7. The largest absolute Gasteiger partial charge is 0.419 e. The Hall–Kier alpha value is -8.52. The fourth-order valence-electron chi connectivity index (χ4n) is 10.2. The molecule has 0 saturated heterocycles. The Morgan fingerprint density at radius 2 is 0.500 bits per heavy atom. The molecule has 0 fully saturated rings. The van der Waals surface area contributed by atoms with E-state index in [0.717, 1.165) is 0 Å². The number of para-hydroxylation sites is 4. The summed E-state index contributed by atoms with van der Waals surface area (Å²) < 4.78 is 109. The zero-order valence-electron chi connectivity index (χ0n) is 34.0. The van der Waals surface area contributed by atoms with Crippen LogP contribution in [0.25, 0.3) is 110 Å². The van der Waals surface area contributed by atoms with E-state index < -0.39 is 34.9 Å². The first-order valence-corrected chi connectivity index (χ1v) is 20.9. The molecule has 0 N–H and O–H groups in total. The molecule has 0 amide bonds. The summed E-state index contributed by atoms with van der Waals surface area (Å²) in [5.74, 6) is 0. The molecule has 318 valence electrons. The van der Waals surface area contributed by atoms with E-state index in [2.05, 4.69) is 9.97 Å². The van der Waals surface area contributed by atoms with Gasteiger partial charge in [-0.3, -0.25) is 19.9 Å². The van der Waals surface area contributed by atoms with Gasteiger partial charge in [-0.15, -0.1) is 0 Å². The van der Waals surface area contributed by atoms with Crippen molar-refractivity contribution in [3.05, 3.63) is 182 Å². The maximum atomic E-state index is 17.1. The molecule has 0 saturated carbocycles. The van der Waals surface area contributed by atoms with Crippen LogP contribution in [0.3, 0.4) is 0 Å². The van der Waals surface area contributed by atoms with Gasteiger partial charge in [-0.1, -0.05) is 72.8 Å². The molecule has 0 bridgehead atoms.